The summed E-state index contributed by atoms with van der Waals surface area (Å²) in [7, 11) is 0. The van der Waals surface area contributed by atoms with Crippen LogP contribution in [0, 0.1) is 0 Å². The zero-order valence-electron chi connectivity index (χ0n) is 14.4. The largest absolute Gasteiger partial charge is 0.481 e. The third-order valence-corrected chi connectivity index (χ3v) is 4.66. The molecule has 1 saturated heterocycles. The second-order valence-electron chi connectivity index (χ2n) is 6.22. The van der Waals surface area contributed by atoms with E-state index in [2.05, 4.69) is 17.0 Å². The van der Waals surface area contributed by atoms with Gasteiger partial charge in [0.05, 0.1) is 0 Å². The van der Waals surface area contributed by atoms with Crippen molar-refractivity contribution >= 4 is 23.2 Å². The van der Waals surface area contributed by atoms with E-state index in [1.54, 1.807) is 31.2 Å². The number of ether oxygens (including phenoxy) is 1. The number of rotatable bonds is 4. The molecule has 1 fully saturated rings. The monoisotopic (exact) mass is 358 g/mol. The minimum Gasteiger partial charge on any atom is -0.481 e. The number of nitrogens with zero attached hydrogens (tertiary/aromatic N) is 2. The average molecular weight is 359 g/mol. The Balaban J connectivity index is 1.58. The molecule has 0 aliphatic carbocycles. The molecule has 0 aromatic heterocycles. The fraction of sp³-hybridized carbons (Fsp3) is 0.350. The molecule has 0 saturated carbocycles. The topological polar surface area (TPSA) is 32.8 Å². The first-order valence-electron chi connectivity index (χ1n) is 8.64. The van der Waals surface area contributed by atoms with Crippen molar-refractivity contribution < 1.29 is 9.53 Å². The van der Waals surface area contributed by atoms with Crippen LogP contribution in [0.25, 0.3) is 0 Å². The lowest BCUT2D eigenvalue weighted by Gasteiger charge is -2.25. The molecule has 0 radical (unpaired) electrons. The van der Waals surface area contributed by atoms with Gasteiger partial charge in [0, 0.05) is 36.9 Å². The van der Waals surface area contributed by atoms with Crippen molar-refractivity contribution in [2.75, 3.05) is 31.1 Å². The van der Waals surface area contributed by atoms with E-state index in [1.807, 2.05) is 23.1 Å². The molecule has 1 atom stereocenters. The molecule has 3 rings (SSSR count). The van der Waals surface area contributed by atoms with Crippen molar-refractivity contribution in [2.45, 2.75) is 19.4 Å². The van der Waals surface area contributed by atoms with Crippen LogP contribution in [-0.2, 0) is 4.79 Å². The first-order chi connectivity index (χ1) is 12.1. The maximum Gasteiger partial charge on any atom is 0.263 e. The van der Waals surface area contributed by atoms with Gasteiger partial charge in [-0.25, -0.2) is 0 Å². The van der Waals surface area contributed by atoms with E-state index in [9.17, 15) is 4.79 Å². The molecule has 1 heterocycles. The zero-order valence-corrected chi connectivity index (χ0v) is 15.2. The molecule has 1 aliphatic rings. The van der Waals surface area contributed by atoms with E-state index in [0.717, 1.165) is 26.1 Å². The van der Waals surface area contributed by atoms with Gasteiger partial charge in [0.1, 0.15) is 5.75 Å². The summed E-state index contributed by atoms with van der Waals surface area (Å²) >= 11 is 5.88. The van der Waals surface area contributed by atoms with Gasteiger partial charge in [-0.05, 0) is 49.7 Å². The summed E-state index contributed by atoms with van der Waals surface area (Å²) in [5.74, 6) is 0.691. The molecule has 132 valence electrons. The number of carbonyl (C=O) groups excluding carboxylic acids is 1. The zero-order chi connectivity index (χ0) is 17.6. The predicted octanol–water partition coefficient (Wildman–Crippen LogP) is 3.85. The van der Waals surface area contributed by atoms with Crippen LogP contribution in [-0.4, -0.2) is 43.1 Å². The number of anilines is 1. The maximum atomic E-state index is 12.7. The van der Waals surface area contributed by atoms with Crippen LogP contribution in [0.4, 0.5) is 5.69 Å². The van der Waals surface area contributed by atoms with Crippen molar-refractivity contribution in [3.63, 3.8) is 0 Å². The molecule has 2 aromatic rings. The molecule has 1 unspecified atom stereocenters. The van der Waals surface area contributed by atoms with E-state index >= 15 is 0 Å². The van der Waals surface area contributed by atoms with Gasteiger partial charge in [-0.15, -0.1) is 0 Å². The van der Waals surface area contributed by atoms with E-state index in [4.69, 9.17) is 16.3 Å². The Morgan fingerprint density at radius 3 is 2.44 bits per heavy atom. The van der Waals surface area contributed by atoms with Gasteiger partial charge in [0.15, 0.2) is 6.10 Å². The standard InChI is InChI=1S/C20H23ClN2O2/c1-16(25-19-10-8-17(21)9-11-19)20(24)23-13-5-12-22(14-15-23)18-6-3-2-4-7-18/h2-4,6-11,16H,5,12-15H2,1H3. The normalized spacial score (nSPS) is 16.2. The molecule has 1 aliphatic heterocycles. The molecule has 5 heteroatoms. The van der Waals surface area contributed by atoms with Crippen molar-refractivity contribution in [2.24, 2.45) is 0 Å². The fourth-order valence-electron chi connectivity index (χ4n) is 3.06. The van der Waals surface area contributed by atoms with Crippen LogP contribution >= 0.6 is 11.6 Å². The second-order valence-corrected chi connectivity index (χ2v) is 6.65. The highest BCUT2D eigenvalue weighted by atomic mass is 35.5. The van der Waals surface area contributed by atoms with Crippen molar-refractivity contribution in [1.82, 2.24) is 4.90 Å². The van der Waals surface area contributed by atoms with E-state index in [-0.39, 0.29) is 5.91 Å². The molecule has 2 aromatic carbocycles. The Morgan fingerprint density at radius 1 is 1.00 bits per heavy atom. The van der Waals surface area contributed by atoms with Crippen LogP contribution in [0.5, 0.6) is 5.75 Å². The third-order valence-electron chi connectivity index (χ3n) is 4.40. The lowest BCUT2D eigenvalue weighted by atomic mass is 10.3. The number of carbonyl (C=O) groups is 1. The van der Waals surface area contributed by atoms with Crippen molar-refractivity contribution in [1.29, 1.82) is 0 Å². The minimum atomic E-state index is -0.510. The Kier molecular flexibility index (Phi) is 5.82. The Bertz CT molecular complexity index is 691. The van der Waals surface area contributed by atoms with Gasteiger partial charge in [-0.1, -0.05) is 29.8 Å². The summed E-state index contributed by atoms with van der Waals surface area (Å²) in [4.78, 5) is 17.0. The average Bonchev–Trinajstić information content (AvgIpc) is 2.90. The van der Waals surface area contributed by atoms with E-state index < -0.39 is 6.10 Å². The Morgan fingerprint density at radius 2 is 1.72 bits per heavy atom. The SMILES string of the molecule is CC(Oc1ccc(Cl)cc1)C(=O)N1CCCN(c2ccccc2)CC1. The summed E-state index contributed by atoms with van der Waals surface area (Å²) in [5.41, 5.74) is 1.21. The molecule has 0 N–H and O–H groups in total. The van der Waals surface area contributed by atoms with E-state index in [0.29, 0.717) is 17.3 Å². The van der Waals surface area contributed by atoms with E-state index in [1.165, 1.54) is 5.69 Å². The number of amides is 1. The van der Waals surface area contributed by atoms with Crippen molar-refractivity contribution in [3.8, 4) is 5.75 Å². The second kappa shape index (κ2) is 8.26. The van der Waals surface area contributed by atoms with Gasteiger partial charge in [-0.3, -0.25) is 4.79 Å². The third kappa shape index (κ3) is 4.67. The predicted molar refractivity (Wildman–Crippen MR) is 101 cm³/mol. The molecule has 25 heavy (non-hydrogen) atoms. The first kappa shape index (κ1) is 17.6. The fourth-order valence-corrected chi connectivity index (χ4v) is 3.19. The van der Waals surface area contributed by atoms with Gasteiger partial charge in [0.25, 0.3) is 5.91 Å². The molecule has 0 bridgehead atoms. The highest BCUT2D eigenvalue weighted by Gasteiger charge is 2.24. The summed E-state index contributed by atoms with van der Waals surface area (Å²) in [6, 6.07) is 17.4. The molecule has 4 nitrogen and oxygen atoms in total. The molecular weight excluding hydrogens is 336 g/mol. The summed E-state index contributed by atoms with van der Waals surface area (Å²) < 4.78 is 5.77. The number of benzene rings is 2. The molecule has 0 spiro atoms. The number of para-hydroxylation sites is 1. The van der Waals surface area contributed by atoms with Gasteiger partial charge in [-0.2, -0.15) is 0 Å². The van der Waals surface area contributed by atoms with Gasteiger partial charge >= 0.3 is 0 Å². The minimum absolute atomic E-state index is 0.0323. The Labute approximate surface area is 154 Å². The van der Waals surface area contributed by atoms with Gasteiger partial charge in [0.2, 0.25) is 0 Å². The van der Waals surface area contributed by atoms with Crippen molar-refractivity contribution in [3.05, 3.63) is 59.6 Å². The number of hydrogen-bond donors (Lipinski definition) is 0. The molecule has 1 amide bonds. The van der Waals surface area contributed by atoms with Crippen LogP contribution in [0.1, 0.15) is 13.3 Å². The quantitative estimate of drug-likeness (QED) is 0.832. The number of halogens is 1. The smallest absolute Gasteiger partial charge is 0.263 e. The number of hydrogen-bond acceptors (Lipinski definition) is 3. The highest BCUT2D eigenvalue weighted by molar-refractivity contribution is 6.30. The van der Waals surface area contributed by atoms with Crippen LogP contribution in [0.2, 0.25) is 5.02 Å². The van der Waals surface area contributed by atoms with Gasteiger partial charge < -0.3 is 14.5 Å². The van der Waals surface area contributed by atoms with Crippen LogP contribution in [0.15, 0.2) is 54.6 Å². The summed E-state index contributed by atoms with van der Waals surface area (Å²) in [6.45, 7) is 5.07. The van der Waals surface area contributed by atoms with Crippen LogP contribution < -0.4 is 9.64 Å². The molecular formula is C20H23ClN2O2. The van der Waals surface area contributed by atoms with Crippen LogP contribution in [0.3, 0.4) is 0 Å². The Hall–Kier alpha value is -2.20. The lowest BCUT2D eigenvalue weighted by Crippen LogP contribution is -2.42. The summed E-state index contributed by atoms with van der Waals surface area (Å²) in [6.07, 6.45) is 0.443. The first-order valence-corrected chi connectivity index (χ1v) is 9.02. The highest BCUT2D eigenvalue weighted by Crippen LogP contribution is 2.19. The maximum absolute atomic E-state index is 12.7. The summed E-state index contributed by atoms with van der Waals surface area (Å²) in [5, 5.41) is 0.653. The lowest BCUT2D eigenvalue weighted by molar-refractivity contribution is -0.137.